The number of hydrogen-bond acceptors (Lipinski definition) is 2. The lowest BCUT2D eigenvalue weighted by Gasteiger charge is -2.36. The van der Waals surface area contributed by atoms with Crippen LogP contribution < -0.4 is 5.32 Å². The Morgan fingerprint density at radius 3 is 2.44 bits per heavy atom. The largest absolute Gasteiger partial charge is 0.313 e. The van der Waals surface area contributed by atoms with Crippen molar-refractivity contribution in [2.45, 2.75) is 46.1 Å². The summed E-state index contributed by atoms with van der Waals surface area (Å²) in [7, 11) is 2.09. The van der Waals surface area contributed by atoms with E-state index in [0.29, 0.717) is 6.04 Å². The Bertz CT molecular complexity index is 378. The maximum atomic E-state index is 4.30. The molecular formula is C16H26N2. The van der Waals surface area contributed by atoms with Crippen molar-refractivity contribution in [3.05, 3.63) is 29.6 Å². The third kappa shape index (κ3) is 3.11. The Morgan fingerprint density at radius 1 is 1.22 bits per heavy atom. The van der Waals surface area contributed by atoms with Crippen molar-refractivity contribution in [2.75, 3.05) is 7.05 Å². The van der Waals surface area contributed by atoms with E-state index >= 15 is 0 Å². The molecule has 1 N–H and O–H groups in total. The molecule has 0 spiro atoms. The lowest BCUT2D eigenvalue weighted by Crippen LogP contribution is -2.31. The van der Waals surface area contributed by atoms with Crippen LogP contribution in [0.3, 0.4) is 0 Å². The molecule has 2 nitrogen and oxygen atoms in total. The summed E-state index contributed by atoms with van der Waals surface area (Å²) in [4.78, 5) is 4.30. The molecule has 1 saturated carbocycles. The summed E-state index contributed by atoms with van der Waals surface area (Å²) in [6, 6.07) is 4.88. The summed E-state index contributed by atoms with van der Waals surface area (Å²) in [6.45, 7) is 6.86. The zero-order chi connectivity index (χ0) is 13.1. The van der Waals surface area contributed by atoms with Crippen molar-refractivity contribution in [3.8, 4) is 0 Å². The van der Waals surface area contributed by atoms with Crippen molar-refractivity contribution in [1.82, 2.24) is 10.3 Å². The molecule has 1 fully saturated rings. The molecule has 0 amide bonds. The van der Waals surface area contributed by atoms with Gasteiger partial charge in [-0.05, 0) is 68.7 Å². The minimum absolute atomic E-state index is 0.483. The minimum Gasteiger partial charge on any atom is -0.313 e. The maximum absolute atomic E-state index is 4.30. The fraction of sp³-hybridized carbons (Fsp3) is 0.688. The fourth-order valence-electron chi connectivity index (χ4n) is 3.72. The van der Waals surface area contributed by atoms with E-state index in [1.165, 1.54) is 24.8 Å². The van der Waals surface area contributed by atoms with Crippen molar-refractivity contribution in [1.29, 1.82) is 0 Å². The van der Waals surface area contributed by atoms with Crippen LogP contribution in [0.2, 0.25) is 0 Å². The standard InChI is InChI=1S/C16H26N2/c1-11-7-12(2)9-15(8-11)16(17-4)14-5-6-18-13(3)10-14/h5-6,10-12,15-17H,7-9H2,1-4H3. The van der Waals surface area contributed by atoms with Crippen LogP contribution >= 0.6 is 0 Å². The van der Waals surface area contributed by atoms with Crippen molar-refractivity contribution in [2.24, 2.45) is 17.8 Å². The number of rotatable bonds is 3. The van der Waals surface area contributed by atoms with Crippen LogP contribution in [0.25, 0.3) is 0 Å². The Hall–Kier alpha value is -0.890. The van der Waals surface area contributed by atoms with E-state index < -0.39 is 0 Å². The van der Waals surface area contributed by atoms with E-state index in [4.69, 9.17) is 0 Å². The van der Waals surface area contributed by atoms with Gasteiger partial charge in [0.1, 0.15) is 0 Å². The van der Waals surface area contributed by atoms with Crippen LogP contribution in [0.15, 0.2) is 18.3 Å². The van der Waals surface area contributed by atoms with Gasteiger partial charge in [0.15, 0.2) is 0 Å². The summed E-state index contributed by atoms with van der Waals surface area (Å²) >= 11 is 0. The second kappa shape index (κ2) is 5.83. The molecular weight excluding hydrogens is 220 g/mol. The zero-order valence-electron chi connectivity index (χ0n) is 12.1. The van der Waals surface area contributed by atoms with Crippen LogP contribution in [0.1, 0.15) is 50.4 Å². The highest BCUT2D eigenvalue weighted by Gasteiger charge is 2.30. The monoisotopic (exact) mass is 246 g/mol. The molecule has 1 aliphatic carbocycles. The van der Waals surface area contributed by atoms with E-state index in [1.807, 2.05) is 6.20 Å². The van der Waals surface area contributed by atoms with Gasteiger partial charge in [0.2, 0.25) is 0 Å². The Labute approximate surface area is 111 Å². The number of nitrogens with one attached hydrogen (secondary N) is 1. The van der Waals surface area contributed by atoms with Crippen LogP contribution in [0.5, 0.6) is 0 Å². The molecule has 3 atom stereocenters. The third-order valence-corrected chi connectivity index (χ3v) is 4.28. The molecule has 0 aliphatic heterocycles. The molecule has 0 bridgehead atoms. The second-order valence-electron chi connectivity index (χ2n) is 6.17. The molecule has 1 aromatic heterocycles. The predicted octanol–water partition coefficient (Wildman–Crippen LogP) is 3.72. The van der Waals surface area contributed by atoms with Gasteiger partial charge >= 0.3 is 0 Å². The number of pyridine rings is 1. The second-order valence-corrected chi connectivity index (χ2v) is 6.17. The van der Waals surface area contributed by atoms with E-state index in [1.54, 1.807) is 0 Å². The van der Waals surface area contributed by atoms with Crippen LogP contribution in [-0.4, -0.2) is 12.0 Å². The fourth-order valence-corrected chi connectivity index (χ4v) is 3.72. The quantitative estimate of drug-likeness (QED) is 0.879. The lowest BCUT2D eigenvalue weighted by molar-refractivity contribution is 0.180. The van der Waals surface area contributed by atoms with E-state index in [2.05, 4.69) is 50.3 Å². The van der Waals surface area contributed by atoms with Gasteiger partial charge in [-0.2, -0.15) is 0 Å². The highest BCUT2D eigenvalue weighted by Crippen LogP contribution is 2.39. The molecule has 3 unspecified atom stereocenters. The van der Waals surface area contributed by atoms with Crippen molar-refractivity contribution in [3.63, 3.8) is 0 Å². The molecule has 1 heterocycles. The molecule has 1 aromatic rings. The highest BCUT2D eigenvalue weighted by atomic mass is 14.9. The summed E-state index contributed by atoms with van der Waals surface area (Å²) in [6.07, 6.45) is 6.02. The summed E-state index contributed by atoms with van der Waals surface area (Å²) in [5.74, 6) is 2.48. The first-order valence-corrected chi connectivity index (χ1v) is 7.20. The average Bonchev–Trinajstić information content (AvgIpc) is 2.28. The first-order chi connectivity index (χ1) is 8.60. The zero-order valence-corrected chi connectivity index (χ0v) is 12.1. The van der Waals surface area contributed by atoms with E-state index in [-0.39, 0.29) is 0 Å². The number of aryl methyl sites for hydroxylation is 1. The van der Waals surface area contributed by atoms with Gasteiger partial charge in [0.25, 0.3) is 0 Å². The summed E-state index contributed by atoms with van der Waals surface area (Å²) < 4.78 is 0. The molecule has 2 heteroatoms. The Kier molecular flexibility index (Phi) is 4.39. The van der Waals surface area contributed by atoms with Gasteiger partial charge in [0, 0.05) is 17.9 Å². The number of hydrogen-bond donors (Lipinski definition) is 1. The normalized spacial score (nSPS) is 30.1. The Morgan fingerprint density at radius 2 is 1.89 bits per heavy atom. The molecule has 0 aromatic carbocycles. The van der Waals surface area contributed by atoms with Crippen molar-refractivity contribution >= 4 is 0 Å². The van der Waals surface area contributed by atoms with Crippen molar-refractivity contribution < 1.29 is 0 Å². The number of aromatic nitrogens is 1. The van der Waals surface area contributed by atoms with Crippen LogP contribution in [0, 0.1) is 24.7 Å². The van der Waals surface area contributed by atoms with Gasteiger partial charge < -0.3 is 5.32 Å². The molecule has 100 valence electrons. The molecule has 18 heavy (non-hydrogen) atoms. The molecule has 2 rings (SSSR count). The highest BCUT2D eigenvalue weighted by molar-refractivity contribution is 5.20. The SMILES string of the molecule is CNC(c1ccnc(C)c1)C1CC(C)CC(C)C1. The Balaban J connectivity index is 2.17. The lowest BCUT2D eigenvalue weighted by atomic mass is 9.72. The van der Waals surface area contributed by atoms with Gasteiger partial charge in [-0.25, -0.2) is 0 Å². The first kappa shape index (κ1) is 13.5. The smallest absolute Gasteiger partial charge is 0.0375 e. The van der Waals surface area contributed by atoms with Gasteiger partial charge in [0.05, 0.1) is 0 Å². The topological polar surface area (TPSA) is 24.9 Å². The molecule has 1 aliphatic rings. The van der Waals surface area contributed by atoms with E-state index in [0.717, 1.165) is 23.4 Å². The third-order valence-electron chi connectivity index (χ3n) is 4.28. The number of nitrogens with zero attached hydrogens (tertiary/aromatic N) is 1. The van der Waals surface area contributed by atoms with E-state index in [9.17, 15) is 0 Å². The van der Waals surface area contributed by atoms with Gasteiger partial charge in [-0.3, -0.25) is 4.98 Å². The average molecular weight is 246 g/mol. The van der Waals surface area contributed by atoms with Gasteiger partial charge in [-0.1, -0.05) is 13.8 Å². The summed E-state index contributed by atoms with van der Waals surface area (Å²) in [5.41, 5.74) is 2.51. The summed E-state index contributed by atoms with van der Waals surface area (Å²) in [5, 5.41) is 3.53. The molecule has 0 radical (unpaired) electrons. The maximum Gasteiger partial charge on any atom is 0.0375 e. The van der Waals surface area contributed by atoms with Crippen LogP contribution in [0.4, 0.5) is 0 Å². The first-order valence-electron chi connectivity index (χ1n) is 7.20. The minimum atomic E-state index is 0.483. The predicted molar refractivity (Wildman–Crippen MR) is 76.4 cm³/mol. The van der Waals surface area contributed by atoms with Crippen LogP contribution in [-0.2, 0) is 0 Å². The van der Waals surface area contributed by atoms with Gasteiger partial charge in [-0.15, -0.1) is 0 Å². The molecule has 0 saturated heterocycles.